The zero-order valence-corrected chi connectivity index (χ0v) is 6.66. The first-order chi connectivity index (χ1) is 5.07. The molecule has 0 rings (SSSR count). The summed E-state index contributed by atoms with van der Waals surface area (Å²) >= 11 is 0. The van der Waals surface area contributed by atoms with E-state index in [9.17, 15) is 4.79 Å². The van der Waals surface area contributed by atoms with Crippen LogP contribution in [0.25, 0.3) is 0 Å². The van der Waals surface area contributed by atoms with E-state index in [4.69, 9.17) is 10.8 Å². The molecule has 0 amide bonds. The number of aliphatic carboxylic acids is 1. The van der Waals surface area contributed by atoms with Gasteiger partial charge < -0.3 is 10.8 Å². The average Bonchev–Trinajstić information content (AvgIpc) is 1.87. The summed E-state index contributed by atoms with van der Waals surface area (Å²) in [7, 11) is 0. The predicted octanol–water partition coefficient (Wildman–Crippen LogP) is 0.394. The van der Waals surface area contributed by atoms with E-state index in [2.05, 4.69) is 4.99 Å². The van der Waals surface area contributed by atoms with E-state index in [1.54, 1.807) is 6.92 Å². The molecule has 0 bridgehead atoms. The lowest BCUT2D eigenvalue weighted by Crippen LogP contribution is -2.11. The van der Waals surface area contributed by atoms with Crippen LogP contribution in [0, 0.1) is 0 Å². The number of allylic oxidation sites excluding steroid dienone is 1. The van der Waals surface area contributed by atoms with Gasteiger partial charge in [0.2, 0.25) is 0 Å². The molecule has 0 unspecified atom stereocenters. The predicted molar refractivity (Wildman–Crippen MR) is 43.6 cm³/mol. The standard InChI is InChI=1S/C7H12N2O2/c1-3-9-5(2)4-6(8)7(10)11/h4H,3,8H2,1-2H3,(H,10,11). The second-order valence-corrected chi connectivity index (χ2v) is 2.02. The van der Waals surface area contributed by atoms with Crippen LogP contribution in [0.4, 0.5) is 0 Å². The van der Waals surface area contributed by atoms with E-state index in [1.165, 1.54) is 6.08 Å². The van der Waals surface area contributed by atoms with Crippen molar-refractivity contribution in [3.63, 3.8) is 0 Å². The Morgan fingerprint density at radius 1 is 1.73 bits per heavy atom. The van der Waals surface area contributed by atoms with Crippen LogP contribution in [0.5, 0.6) is 0 Å². The lowest BCUT2D eigenvalue weighted by atomic mass is 10.3. The Hall–Kier alpha value is -1.32. The van der Waals surface area contributed by atoms with Crippen molar-refractivity contribution in [2.24, 2.45) is 10.7 Å². The number of hydrogen-bond acceptors (Lipinski definition) is 3. The first kappa shape index (κ1) is 9.68. The molecule has 0 aromatic heterocycles. The van der Waals surface area contributed by atoms with Gasteiger partial charge in [-0.15, -0.1) is 0 Å². The Balaban J connectivity index is 4.30. The van der Waals surface area contributed by atoms with Gasteiger partial charge in [-0.1, -0.05) is 0 Å². The summed E-state index contributed by atoms with van der Waals surface area (Å²) in [5, 5.41) is 8.35. The van der Waals surface area contributed by atoms with Crippen molar-refractivity contribution in [1.82, 2.24) is 0 Å². The quantitative estimate of drug-likeness (QED) is 0.458. The van der Waals surface area contributed by atoms with E-state index < -0.39 is 5.97 Å². The van der Waals surface area contributed by atoms with Crippen molar-refractivity contribution in [3.8, 4) is 0 Å². The molecule has 62 valence electrons. The molecule has 0 heterocycles. The van der Waals surface area contributed by atoms with E-state index in [-0.39, 0.29) is 5.70 Å². The fourth-order valence-electron chi connectivity index (χ4n) is 0.582. The molecule has 0 fully saturated rings. The van der Waals surface area contributed by atoms with E-state index in [1.807, 2.05) is 6.92 Å². The highest BCUT2D eigenvalue weighted by atomic mass is 16.4. The Bertz CT molecular complexity index is 206. The molecule has 0 aromatic rings. The number of nitrogens with zero attached hydrogens (tertiary/aromatic N) is 1. The highest BCUT2D eigenvalue weighted by Crippen LogP contribution is 1.87. The van der Waals surface area contributed by atoms with E-state index >= 15 is 0 Å². The van der Waals surface area contributed by atoms with Crippen LogP contribution >= 0.6 is 0 Å². The topological polar surface area (TPSA) is 75.7 Å². The molecular formula is C7H12N2O2. The summed E-state index contributed by atoms with van der Waals surface area (Å²) in [5.74, 6) is -1.12. The fraction of sp³-hybridized carbons (Fsp3) is 0.429. The van der Waals surface area contributed by atoms with Crippen molar-refractivity contribution in [1.29, 1.82) is 0 Å². The van der Waals surface area contributed by atoms with E-state index in [0.29, 0.717) is 12.3 Å². The zero-order chi connectivity index (χ0) is 8.85. The van der Waals surface area contributed by atoms with Gasteiger partial charge in [-0.05, 0) is 19.9 Å². The minimum Gasteiger partial charge on any atom is -0.477 e. The van der Waals surface area contributed by atoms with Gasteiger partial charge in [0, 0.05) is 12.3 Å². The summed E-state index contributed by atoms with van der Waals surface area (Å²) < 4.78 is 0. The number of carbonyl (C=O) groups is 1. The Morgan fingerprint density at radius 2 is 2.27 bits per heavy atom. The van der Waals surface area contributed by atoms with Crippen molar-refractivity contribution in [3.05, 3.63) is 11.8 Å². The number of carboxylic acid groups (broad SMARTS) is 1. The van der Waals surface area contributed by atoms with Crippen molar-refractivity contribution < 1.29 is 9.90 Å². The van der Waals surface area contributed by atoms with Crippen LogP contribution in [-0.4, -0.2) is 23.3 Å². The molecule has 3 N–H and O–H groups in total. The number of aliphatic imine (C=N–C) groups is 1. The summed E-state index contributed by atoms with van der Waals surface area (Å²) in [4.78, 5) is 14.1. The fourth-order valence-corrected chi connectivity index (χ4v) is 0.582. The second-order valence-electron chi connectivity index (χ2n) is 2.02. The molecule has 0 atom stereocenters. The highest BCUT2D eigenvalue weighted by Gasteiger charge is 1.99. The lowest BCUT2D eigenvalue weighted by Gasteiger charge is -1.93. The number of hydrogen-bond donors (Lipinski definition) is 2. The minimum absolute atomic E-state index is 0.181. The van der Waals surface area contributed by atoms with Crippen molar-refractivity contribution in [2.75, 3.05) is 6.54 Å². The molecular weight excluding hydrogens is 144 g/mol. The molecule has 0 aromatic carbocycles. The summed E-state index contributed by atoms with van der Waals surface area (Å²) in [6.45, 7) is 4.21. The van der Waals surface area contributed by atoms with Crippen LogP contribution < -0.4 is 5.73 Å². The molecule has 0 spiro atoms. The molecule has 0 aliphatic carbocycles. The van der Waals surface area contributed by atoms with Crippen LogP contribution in [0.1, 0.15) is 13.8 Å². The first-order valence-electron chi connectivity index (χ1n) is 3.29. The molecule has 0 radical (unpaired) electrons. The first-order valence-corrected chi connectivity index (χ1v) is 3.29. The lowest BCUT2D eigenvalue weighted by molar-refractivity contribution is -0.132. The molecule has 4 heteroatoms. The maximum Gasteiger partial charge on any atom is 0.351 e. The monoisotopic (exact) mass is 156 g/mol. The molecule has 4 nitrogen and oxygen atoms in total. The van der Waals surface area contributed by atoms with Crippen LogP contribution in [-0.2, 0) is 4.79 Å². The molecule has 0 saturated heterocycles. The number of rotatable bonds is 3. The van der Waals surface area contributed by atoms with Gasteiger partial charge in [0.1, 0.15) is 5.70 Å². The minimum atomic E-state index is -1.12. The summed E-state index contributed by atoms with van der Waals surface area (Å²) in [5.41, 5.74) is 5.58. The second kappa shape index (κ2) is 4.49. The SMILES string of the molecule is CCN=C(C)C=C(N)C(=O)O. The highest BCUT2D eigenvalue weighted by molar-refractivity contribution is 5.99. The van der Waals surface area contributed by atoms with Crippen molar-refractivity contribution >= 4 is 11.7 Å². The summed E-state index contributed by atoms with van der Waals surface area (Å²) in [6.07, 6.45) is 1.34. The van der Waals surface area contributed by atoms with Gasteiger partial charge >= 0.3 is 5.97 Å². The third-order valence-electron chi connectivity index (χ3n) is 1.02. The summed E-state index contributed by atoms with van der Waals surface area (Å²) in [6, 6.07) is 0. The Labute approximate surface area is 65.4 Å². The Morgan fingerprint density at radius 3 is 2.64 bits per heavy atom. The third kappa shape index (κ3) is 4.13. The zero-order valence-electron chi connectivity index (χ0n) is 6.66. The molecule has 11 heavy (non-hydrogen) atoms. The molecule has 0 aliphatic rings. The van der Waals surface area contributed by atoms with Gasteiger partial charge in [0.15, 0.2) is 0 Å². The normalized spacial score (nSPS) is 13.3. The van der Waals surface area contributed by atoms with E-state index in [0.717, 1.165) is 0 Å². The van der Waals surface area contributed by atoms with Crippen LogP contribution in [0.2, 0.25) is 0 Å². The van der Waals surface area contributed by atoms with Crippen LogP contribution in [0.3, 0.4) is 0 Å². The largest absolute Gasteiger partial charge is 0.477 e. The number of nitrogens with two attached hydrogens (primary N) is 1. The Kier molecular flexibility index (Phi) is 3.95. The number of carboxylic acids is 1. The van der Waals surface area contributed by atoms with Gasteiger partial charge in [0.05, 0.1) is 0 Å². The van der Waals surface area contributed by atoms with Gasteiger partial charge in [0.25, 0.3) is 0 Å². The maximum absolute atomic E-state index is 10.2. The maximum atomic E-state index is 10.2. The smallest absolute Gasteiger partial charge is 0.351 e. The molecule has 0 saturated carbocycles. The van der Waals surface area contributed by atoms with Crippen molar-refractivity contribution in [2.45, 2.75) is 13.8 Å². The average molecular weight is 156 g/mol. The van der Waals surface area contributed by atoms with Gasteiger partial charge in [-0.3, -0.25) is 4.99 Å². The molecule has 0 aliphatic heterocycles. The van der Waals surface area contributed by atoms with Crippen LogP contribution in [0.15, 0.2) is 16.8 Å². The third-order valence-corrected chi connectivity index (χ3v) is 1.02. The van der Waals surface area contributed by atoms with Gasteiger partial charge in [-0.2, -0.15) is 0 Å². The van der Waals surface area contributed by atoms with Gasteiger partial charge in [-0.25, -0.2) is 4.79 Å².